The Hall–Kier alpha value is -7.94. The van der Waals surface area contributed by atoms with Gasteiger partial charge in [0.2, 0.25) is 0 Å². The van der Waals surface area contributed by atoms with Crippen molar-refractivity contribution < 1.29 is 0 Å². The van der Waals surface area contributed by atoms with Crippen LogP contribution >= 0.6 is 0 Å². The van der Waals surface area contributed by atoms with Gasteiger partial charge in [-0.25, -0.2) is 0 Å². The molecule has 0 atom stereocenters. The molecule has 1 heterocycles. The summed E-state index contributed by atoms with van der Waals surface area (Å²) in [5.41, 5.74) is 17.5. The van der Waals surface area contributed by atoms with Crippen LogP contribution in [0.4, 0.5) is 17.1 Å². The molecule has 0 amide bonds. The molecule has 2 nitrogen and oxygen atoms in total. The summed E-state index contributed by atoms with van der Waals surface area (Å²) >= 11 is 0. The average molecular weight is 833 g/mol. The normalized spacial score (nSPS) is 13.0. The average Bonchev–Trinajstić information content (AvgIpc) is 3.86. The Morgan fingerprint density at radius 3 is 1.65 bits per heavy atom. The molecule has 11 aromatic rings. The Bertz CT molecular complexity index is 3520. The van der Waals surface area contributed by atoms with E-state index in [1.165, 1.54) is 88.2 Å². The quantitative estimate of drug-likeness (QED) is 0.155. The summed E-state index contributed by atoms with van der Waals surface area (Å²) in [6.45, 7) is 6.94. The third-order valence-electron chi connectivity index (χ3n) is 13.7. The maximum absolute atomic E-state index is 2.52. The first-order chi connectivity index (χ1) is 31.9. The van der Waals surface area contributed by atoms with Crippen LogP contribution in [0.1, 0.15) is 43.0 Å². The van der Waals surface area contributed by atoms with Gasteiger partial charge in [-0.15, -0.1) is 0 Å². The maximum atomic E-state index is 2.52. The lowest BCUT2D eigenvalue weighted by Gasteiger charge is -2.34. The summed E-state index contributed by atoms with van der Waals surface area (Å²) in [4.78, 5) is 2.52. The molecule has 0 saturated carbocycles. The Kier molecular flexibility index (Phi) is 9.00. The molecule has 2 heteroatoms. The van der Waals surface area contributed by atoms with Crippen molar-refractivity contribution in [2.75, 3.05) is 4.90 Å². The van der Waals surface area contributed by atoms with Crippen LogP contribution in [0.5, 0.6) is 0 Å². The molecule has 1 aromatic heterocycles. The van der Waals surface area contributed by atoms with Crippen LogP contribution in [-0.2, 0) is 11.0 Å². The molecular formula is C63H48N2. The van der Waals surface area contributed by atoms with Gasteiger partial charge in [0.05, 0.1) is 16.6 Å². The van der Waals surface area contributed by atoms with Crippen molar-refractivity contribution in [2.45, 2.75) is 31.7 Å². The lowest BCUT2D eigenvalue weighted by Crippen LogP contribution is -2.28. The number of anilines is 3. The second-order valence-electron chi connectivity index (χ2n) is 18.4. The minimum Gasteiger partial charge on any atom is -0.335 e. The van der Waals surface area contributed by atoms with E-state index in [0.29, 0.717) is 0 Å². The minimum absolute atomic E-state index is 0.160. The number of nitrogens with zero attached hydrogens (tertiary/aromatic N) is 2. The Labute approximate surface area is 381 Å². The lowest BCUT2D eigenvalue weighted by atomic mass is 9.67. The molecule has 1 aliphatic carbocycles. The highest BCUT2D eigenvalue weighted by Gasteiger charge is 2.47. The first kappa shape index (κ1) is 38.7. The number of hydrogen-bond acceptors (Lipinski definition) is 1. The van der Waals surface area contributed by atoms with E-state index in [2.05, 4.69) is 267 Å². The number of rotatable bonds is 7. The minimum atomic E-state index is -0.550. The maximum Gasteiger partial charge on any atom is 0.0713 e. The Morgan fingerprint density at radius 2 is 0.954 bits per heavy atom. The number of hydrogen-bond donors (Lipinski definition) is 0. The molecule has 12 rings (SSSR count). The van der Waals surface area contributed by atoms with Crippen molar-refractivity contribution in [3.05, 3.63) is 259 Å². The molecule has 0 saturated heterocycles. The number of para-hydroxylation sites is 1. The third-order valence-corrected chi connectivity index (χ3v) is 13.7. The van der Waals surface area contributed by atoms with Gasteiger partial charge in [0.1, 0.15) is 0 Å². The van der Waals surface area contributed by atoms with Crippen molar-refractivity contribution in [1.29, 1.82) is 0 Å². The highest BCUT2D eigenvalue weighted by Crippen LogP contribution is 2.59. The fourth-order valence-electron chi connectivity index (χ4n) is 11.1. The SMILES string of the molecule is CC(C)(C)n1c2ccccc2c2ccc(N(c3ccc4c(c3)-c3c(-c5ccccc5)cccc3C4(c3ccccc3)c3ccccc3)c3ccc4ccccc4c3-c3ccccc3)cc21. The number of fused-ring (bicyclic) bond motifs is 7. The summed E-state index contributed by atoms with van der Waals surface area (Å²) < 4.78 is 2.52. The molecule has 310 valence electrons. The van der Waals surface area contributed by atoms with Crippen molar-refractivity contribution in [1.82, 2.24) is 4.57 Å². The van der Waals surface area contributed by atoms with Crippen molar-refractivity contribution >= 4 is 49.6 Å². The van der Waals surface area contributed by atoms with E-state index in [-0.39, 0.29) is 5.54 Å². The predicted octanol–water partition coefficient (Wildman–Crippen LogP) is 16.9. The van der Waals surface area contributed by atoms with Gasteiger partial charge < -0.3 is 9.47 Å². The van der Waals surface area contributed by atoms with Crippen LogP contribution < -0.4 is 4.90 Å². The van der Waals surface area contributed by atoms with Gasteiger partial charge in [0.25, 0.3) is 0 Å². The van der Waals surface area contributed by atoms with Crippen molar-refractivity contribution in [3.63, 3.8) is 0 Å². The van der Waals surface area contributed by atoms with Gasteiger partial charge in [-0.1, -0.05) is 200 Å². The van der Waals surface area contributed by atoms with E-state index in [1.54, 1.807) is 0 Å². The van der Waals surface area contributed by atoms with E-state index in [4.69, 9.17) is 0 Å². The molecule has 1 aliphatic rings. The fourth-order valence-corrected chi connectivity index (χ4v) is 11.1. The zero-order valence-corrected chi connectivity index (χ0v) is 36.9. The molecule has 0 aliphatic heterocycles. The van der Waals surface area contributed by atoms with Gasteiger partial charge in [-0.3, -0.25) is 0 Å². The summed E-state index contributed by atoms with van der Waals surface area (Å²) in [7, 11) is 0. The second kappa shape index (κ2) is 15.1. The van der Waals surface area contributed by atoms with Crippen LogP contribution in [0.25, 0.3) is 66.0 Å². The van der Waals surface area contributed by atoms with Crippen molar-refractivity contribution in [2.24, 2.45) is 0 Å². The molecule has 0 fully saturated rings. The summed E-state index contributed by atoms with van der Waals surface area (Å²) in [5.74, 6) is 0. The predicted molar refractivity (Wildman–Crippen MR) is 275 cm³/mol. The van der Waals surface area contributed by atoms with E-state index in [9.17, 15) is 0 Å². The van der Waals surface area contributed by atoms with Gasteiger partial charge in [-0.05, 0) is 118 Å². The second-order valence-corrected chi connectivity index (χ2v) is 18.4. The Balaban J connectivity index is 1.20. The molecule has 0 radical (unpaired) electrons. The Morgan fingerprint density at radius 1 is 0.385 bits per heavy atom. The zero-order chi connectivity index (χ0) is 43.7. The van der Waals surface area contributed by atoms with Gasteiger partial charge in [0, 0.05) is 38.8 Å². The van der Waals surface area contributed by atoms with Crippen LogP contribution in [0.15, 0.2) is 237 Å². The van der Waals surface area contributed by atoms with Gasteiger partial charge in [-0.2, -0.15) is 0 Å². The van der Waals surface area contributed by atoms with E-state index in [1.807, 2.05) is 0 Å². The van der Waals surface area contributed by atoms with E-state index < -0.39 is 5.41 Å². The van der Waals surface area contributed by atoms with Gasteiger partial charge in [0.15, 0.2) is 0 Å². The zero-order valence-electron chi connectivity index (χ0n) is 36.9. The fraction of sp³-hybridized carbons (Fsp3) is 0.0794. The molecule has 0 bridgehead atoms. The van der Waals surface area contributed by atoms with Crippen LogP contribution in [0.2, 0.25) is 0 Å². The van der Waals surface area contributed by atoms with Crippen LogP contribution in [0, 0.1) is 0 Å². The molecule has 10 aromatic carbocycles. The van der Waals surface area contributed by atoms with E-state index >= 15 is 0 Å². The highest BCUT2D eigenvalue weighted by molar-refractivity contribution is 6.11. The highest BCUT2D eigenvalue weighted by atomic mass is 15.1. The molecule has 65 heavy (non-hydrogen) atoms. The summed E-state index contributed by atoms with van der Waals surface area (Å²) in [6.07, 6.45) is 0. The van der Waals surface area contributed by atoms with Crippen molar-refractivity contribution in [3.8, 4) is 33.4 Å². The monoisotopic (exact) mass is 832 g/mol. The topological polar surface area (TPSA) is 8.17 Å². The van der Waals surface area contributed by atoms with Gasteiger partial charge >= 0.3 is 0 Å². The first-order valence-corrected chi connectivity index (χ1v) is 22.8. The first-order valence-electron chi connectivity index (χ1n) is 22.8. The van der Waals surface area contributed by atoms with Crippen LogP contribution in [0.3, 0.4) is 0 Å². The molecule has 0 N–H and O–H groups in total. The lowest BCUT2D eigenvalue weighted by molar-refractivity contribution is 0.423. The third kappa shape index (κ3) is 6.01. The number of aromatic nitrogens is 1. The standard InChI is InChI=1S/C63H48N2/c1-62(2,3)65-57-34-19-18-31-52(57)53-38-36-49(42-59(53)65)64(58-40-35-44-23-16-17-30-50(44)60(58)45-24-10-5-11-25-45)48-37-39-55-54(41-48)61-51(43-21-8-4-9-22-43)32-20-33-56(61)63(55,46-26-12-6-13-27-46)47-28-14-7-15-29-47/h4-42H,1-3H3. The molecular weight excluding hydrogens is 785 g/mol. The summed E-state index contributed by atoms with van der Waals surface area (Å²) in [6, 6.07) is 87.7. The summed E-state index contributed by atoms with van der Waals surface area (Å²) in [5, 5.41) is 4.96. The van der Waals surface area contributed by atoms with E-state index in [0.717, 1.165) is 17.1 Å². The molecule has 0 unspecified atom stereocenters. The molecule has 0 spiro atoms. The largest absolute Gasteiger partial charge is 0.335 e. The smallest absolute Gasteiger partial charge is 0.0713 e. The van der Waals surface area contributed by atoms with Crippen LogP contribution in [-0.4, -0.2) is 4.57 Å². The number of benzene rings is 10.